The molecule has 0 spiro atoms. The molecule has 18 heavy (non-hydrogen) atoms. The number of ketones is 1. The zero-order valence-corrected chi connectivity index (χ0v) is 10.3. The van der Waals surface area contributed by atoms with Crippen LogP contribution in [0, 0.1) is 6.92 Å². The average Bonchev–Trinajstić information content (AvgIpc) is 2.93. The molecule has 0 N–H and O–H groups in total. The van der Waals surface area contributed by atoms with Gasteiger partial charge in [-0.2, -0.15) is 0 Å². The largest absolute Gasteiger partial charge is 0.460 e. The van der Waals surface area contributed by atoms with Crippen molar-refractivity contribution in [3.8, 4) is 0 Å². The molecule has 0 aliphatic carbocycles. The van der Waals surface area contributed by atoms with Crippen molar-refractivity contribution in [3.05, 3.63) is 58.7 Å². The summed E-state index contributed by atoms with van der Waals surface area (Å²) in [4.78, 5) is 12.2. The fourth-order valence-corrected chi connectivity index (χ4v) is 2.02. The normalized spacial score (nSPS) is 11.0. The first-order valence-electron chi connectivity index (χ1n) is 5.43. The smallest absolute Gasteiger partial charge is 0.263 e. The van der Waals surface area contributed by atoms with Gasteiger partial charge in [-0.1, -0.05) is 11.6 Å². The van der Waals surface area contributed by atoms with Gasteiger partial charge in [0.2, 0.25) is 0 Å². The van der Waals surface area contributed by atoms with E-state index in [0.717, 1.165) is 10.9 Å². The minimum Gasteiger partial charge on any atom is -0.460 e. The second-order valence-corrected chi connectivity index (χ2v) is 4.49. The van der Waals surface area contributed by atoms with Crippen molar-refractivity contribution in [1.29, 1.82) is 0 Å². The highest BCUT2D eigenvalue weighted by atomic mass is 35.5. The number of hydrogen-bond acceptors (Lipinski definition) is 3. The monoisotopic (exact) mass is 260 g/mol. The van der Waals surface area contributed by atoms with E-state index in [1.165, 1.54) is 6.26 Å². The summed E-state index contributed by atoms with van der Waals surface area (Å²) in [6.45, 7) is 1.82. The van der Waals surface area contributed by atoms with Gasteiger partial charge in [-0.05, 0) is 42.8 Å². The van der Waals surface area contributed by atoms with Crippen molar-refractivity contribution in [1.82, 2.24) is 0 Å². The van der Waals surface area contributed by atoms with Gasteiger partial charge < -0.3 is 8.83 Å². The Morgan fingerprint density at radius 3 is 2.78 bits per heavy atom. The maximum atomic E-state index is 12.2. The SMILES string of the molecule is Cc1ccoc1C(=O)c1cc2cc(Cl)ccc2o1. The molecule has 90 valence electrons. The number of aryl methyl sites for hydroxylation is 1. The summed E-state index contributed by atoms with van der Waals surface area (Å²) in [6.07, 6.45) is 1.49. The van der Waals surface area contributed by atoms with Gasteiger partial charge in [0.15, 0.2) is 11.5 Å². The van der Waals surface area contributed by atoms with Gasteiger partial charge >= 0.3 is 0 Å². The van der Waals surface area contributed by atoms with E-state index < -0.39 is 0 Å². The number of carbonyl (C=O) groups is 1. The Morgan fingerprint density at radius 1 is 1.22 bits per heavy atom. The van der Waals surface area contributed by atoms with Crippen LogP contribution >= 0.6 is 11.6 Å². The van der Waals surface area contributed by atoms with Crippen LogP contribution in [0.25, 0.3) is 11.0 Å². The van der Waals surface area contributed by atoms with E-state index in [9.17, 15) is 4.79 Å². The van der Waals surface area contributed by atoms with Crippen LogP contribution in [-0.4, -0.2) is 5.78 Å². The van der Waals surface area contributed by atoms with E-state index >= 15 is 0 Å². The summed E-state index contributed by atoms with van der Waals surface area (Å²) < 4.78 is 10.7. The lowest BCUT2D eigenvalue weighted by Crippen LogP contribution is -1.99. The van der Waals surface area contributed by atoms with Crippen molar-refractivity contribution in [3.63, 3.8) is 0 Å². The number of halogens is 1. The Hall–Kier alpha value is -2.00. The lowest BCUT2D eigenvalue weighted by molar-refractivity contribution is 0.0984. The summed E-state index contributed by atoms with van der Waals surface area (Å²) in [5.74, 6) is 0.301. The van der Waals surface area contributed by atoms with E-state index in [-0.39, 0.29) is 11.5 Å². The lowest BCUT2D eigenvalue weighted by Gasteiger charge is -1.93. The molecule has 0 fully saturated rings. The van der Waals surface area contributed by atoms with Crippen molar-refractivity contribution in [2.75, 3.05) is 0 Å². The molecule has 3 aromatic rings. The Balaban J connectivity index is 2.10. The van der Waals surface area contributed by atoms with Crippen molar-refractivity contribution < 1.29 is 13.6 Å². The van der Waals surface area contributed by atoms with Crippen LogP contribution in [0.5, 0.6) is 0 Å². The number of furan rings is 2. The molecule has 2 heterocycles. The van der Waals surface area contributed by atoms with Crippen LogP contribution in [0.15, 0.2) is 45.4 Å². The first kappa shape index (κ1) is 11.1. The Bertz CT molecular complexity index is 736. The van der Waals surface area contributed by atoms with Gasteiger partial charge in [-0.15, -0.1) is 0 Å². The van der Waals surface area contributed by atoms with Crippen LogP contribution in [0.1, 0.15) is 21.9 Å². The predicted octanol–water partition coefficient (Wildman–Crippen LogP) is 4.22. The molecular formula is C14H9ClO3. The molecule has 0 amide bonds. The molecule has 0 unspecified atom stereocenters. The molecule has 0 atom stereocenters. The highest BCUT2D eigenvalue weighted by Crippen LogP contribution is 2.25. The predicted molar refractivity (Wildman–Crippen MR) is 68.1 cm³/mol. The van der Waals surface area contributed by atoms with Gasteiger partial charge in [-0.3, -0.25) is 4.79 Å². The van der Waals surface area contributed by atoms with Gasteiger partial charge in [-0.25, -0.2) is 0 Å². The molecule has 3 rings (SSSR count). The topological polar surface area (TPSA) is 43.4 Å². The molecule has 0 aliphatic heterocycles. The third-order valence-corrected chi connectivity index (χ3v) is 3.01. The van der Waals surface area contributed by atoms with Crippen molar-refractivity contribution in [2.24, 2.45) is 0 Å². The molecule has 1 aromatic carbocycles. The first-order chi connectivity index (χ1) is 8.65. The van der Waals surface area contributed by atoms with E-state index in [4.69, 9.17) is 20.4 Å². The molecule has 0 bridgehead atoms. The van der Waals surface area contributed by atoms with Crippen LogP contribution in [-0.2, 0) is 0 Å². The van der Waals surface area contributed by atoms with Crippen molar-refractivity contribution in [2.45, 2.75) is 6.92 Å². The molecule has 0 saturated carbocycles. The van der Waals surface area contributed by atoms with E-state index in [1.54, 1.807) is 30.3 Å². The summed E-state index contributed by atoms with van der Waals surface area (Å²) in [5.41, 5.74) is 1.42. The van der Waals surface area contributed by atoms with Gasteiger partial charge in [0.1, 0.15) is 5.58 Å². The second kappa shape index (κ2) is 4.03. The summed E-state index contributed by atoms with van der Waals surface area (Å²) in [6, 6.07) is 8.63. The van der Waals surface area contributed by atoms with Gasteiger partial charge in [0, 0.05) is 10.4 Å². The average molecular weight is 261 g/mol. The highest BCUT2D eigenvalue weighted by Gasteiger charge is 2.19. The fourth-order valence-electron chi connectivity index (χ4n) is 1.84. The van der Waals surface area contributed by atoms with Crippen LogP contribution in [0.4, 0.5) is 0 Å². The van der Waals surface area contributed by atoms with Gasteiger partial charge in [0.25, 0.3) is 5.78 Å². The minimum atomic E-state index is -0.259. The molecule has 3 nitrogen and oxygen atoms in total. The number of carbonyl (C=O) groups excluding carboxylic acids is 1. The molecule has 0 saturated heterocycles. The number of rotatable bonds is 2. The molecule has 0 aliphatic rings. The highest BCUT2D eigenvalue weighted by molar-refractivity contribution is 6.31. The molecule has 4 heteroatoms. The van der Waals surface area contributed by atoms with Crippen molar-refractivity contribution >= 4 is 28.4 Å². The third-order valence-electron chi connectivity index (χ3n) is 2.77. The van der Waals surface area contributed by atoms with E-state index in [1.807, 2.05) is 6.92 Å². The zero-order chi connectivity index (χ0) is 12.7. The molecule has 2 aromatic heterocycles. The number of benzene rings is 1. The maximum Gasteiger partial charge on any atom is 0.263 e. The Kier molecular flexibility index (Phi) is 2.49. The summed E-state index contributed by atoms with van der Waals surface area (Å²) >= 11 is 5.89. The van der Waals surface area contributed by atoms with E-state index in [0.29, 0.717) is 16.4 Å². The quantitative estimate of drug-likeness (QED) is 0.648. The first-order valence-corrected chi connectivity index (χ1v) is 5.81. The fraction of sp³-hybridized carbons (Fsp3) is 0.0714. The van der Waals surface area contributed by atoms with Crippen LogP contribution in [0.3, 0.4) is 0 Å². The molecular weight excluding hydrogens is 252 g/mol. The minimum absolute atomic E-state index is 0.255. The number of fused-ring (bicyclic) bond motifs is 1. The zero-order valence-electron chi connectivity index (χ0n) is 9.57. The standard InChI is InChI=1S/C14H9ClO3/c1-8-4-5-17-14(8)13(16)12-7-9-6-10(15)2-3-11(9)18-12/h2-7H,1H3. The Labute approximate surface area is 108 Å². The van der Waals surface area contributed by atoms with Gasteiger partial charge in [0.05, 0.1) is 6.26 Å². The lowest BCUT2D eigenvalue weighted by atomic mass is 10.1. The second-order valence-electron chi connectivity index (χ2n) is 4.05. The van der Waals surface area contributed by atoms with Crippen LogP contribution in [0.2, 0.25) is 5.02 Å². The maximum absolute atomic E-state index is 12.2. The summed E-state index contributed by atoms with van der Waals surface area (Å²) in [5, 5.41) is 1.41. The summed E-state index contributed by atoms with van der Waals surface area (Å²) in [7, 11) is 0. The molecule has 0 radical (unpaired) electrons. The Morgan fingerprint density at radius 2 is 2.06 bits per heavy atom. The number of hydrogen-bond donors (Lipinski definition) is 0. The van der Waals surface area contributed by atoms with Crippen LogP contribution < -0.4 is 0 Å². The third kappa shape index (κ3) is 1.73. The van der Waals surface area contributed by atoms with E-state index in [2.05, 4.69) is 0 Å².